The molecule has 0 aromatic heterocycles. The smallest absolute Gasteiger partial charge is 0.0510 e. The first-order valence-corrected chi connectivity index (χ1v) is 19.9. The summed E-state index contributed by atoms with van der Waals surface area (Å²) < 4.78 is 5.16. The second-order valence-electron chi connectivity index (χ2n) is 8.83. The number of thiol groups is 1. The van der Waals surface area contributed by atoms with Crippen LogP contribution < -0.4 is 5.11 Å². The number of carbonyl (C=O) groups is 1. The van der Waals surface area contributed by atoms with Crippen LogP contribution in [0.4, 0.5) is 0 Å². The third-order valence-corrected chi connectivity index (χ3v) is 15.1. The molecular formula is C26H54O2SSn. The van der Waals surface area contributed by atoms with Crippen molar-refractivity contribution in [2.45, 2.75) is 150 Å². The molecular weight excluding hydrogens is 495 g/mol. The Morgan fingerprint density at radius 3 is 1.03 bits per heavy atom. The Balaban J connectivity index is 0. The molecule has 0 saturated carbocycles. The summed E-state index contributed by atoms with van der Waals surface area (Å²) in [5.41, 5.74) is 0. The number of aliphatic carboxylic acids is 1. The molecule has 0 aliphatic heterocycles. The fraction of sp³-hybridized carbons (Fsp3) is 0.962. The van der Waals surface area contributed by atoms with Gasteiger partial charge in [-0.3, -0.25) is 0 Å². The summed E-state index contributed by atoms with van der Waals surface area (Å²) in [6, 6.07) is 0. The van der Waals surface area contributed by atoms with Gasteiger partial charge in [-0.25, -0.2) is 0 Å². The molecule has 0 N–H and O–H groups in total. The van der Waals surface area contributed by atoms with Gasteiger partial charge in [0.25, 0.3) is 0 Å². The van der Waals surface area contributed by atoms with Gasteiger partial charge >= 0.3 is 169 Å². The van der Waals surface area contributed by atoms with Gasteiger partial charge in [0.05, 0.1) is 5.97 Å². The van der Waals surface area contributed by atoms with Crippen LogP contribution in [0.15, 0.2) is 0 Å². The molecule has 0 rings (SSSR count). The molecule has 0 aromatic rings. The number of carbonyl (C=O) groups excluding carboxylic acids is 1. The van der Waals surface area contributed by atoms with Crippen molar-refractivity contribution in [1.82, 2.24) is 0 Å². The summed E-state index contributed by atoms with van der Waals surface area (Å²) >= 11 is 2.34. The summed E-state index contributed by atoms with van der Waals surface area (Å²) in [7, 11) is 0. The molecule has 0 heterocycles. The summed E-state index contributed by atoms with van der Waals surface area (Å²) in [6.07, 6.45) is 26.9. The van der Waals surface area contributed by atoms with E-state index in [4.69, 9.17) is 0 Å². The van der Waals surface area contributed by atoms with E-state index < -0.39 is 25.7 Å². The Kier molecular flexibility index (Phi) is 32.4. The SMILES string of the molecule is CCCCCCC[CH2][Sn+]([CH2]CCCCCCC)[CH2]CCCCCCC.O=C([O-])CS. The summed E-state index contributed by atoms with van der Waals surface area (Å²) in [4.78, 5) is 9.18. The Bertz CT molecular complexity index is 288. The molecule has 0 radical (unpaired) electrons. The summed E-state index contributed by atoms with van der Waals surface area (Å²) in [5, 5.41) is 9.18. The second kappa shape index (κ2) is 29.6. The van der Waals surface area contributed by atoms with Crippen LogP contribution >= 0.6 is 12.6 Å². The molecule has 0 bridgehead atoms. The molecule has 30 heavy (non-hydrogen) atoms. The van der Waals surface area contributed by atoms with Crippen LogP contribution in [0.1, 0.15) is 136 Å². The van der Waals surface area contributed by atoms with Crippen molar-refractivity contribution >= 4 is 38.4 Å². The molecule has 0 unspecified atom stereocenters. The zero-order valence-electron chi connectivity index (χ0n) is 20.8. The minimum absolute atomic E-state index is 0.194. The number of unbranched alkanes of at least 4 members (excludes halogenated alkanes) is 15. The van der Waals surface area contributed by atoms with E-state index in [0.29, 0.717) is 0 Å². The molecule has 0 aliphatic carbocycles. The van der Waals surface area contributed by atoms with E-state index in [2.05, 4.69) is 33.4 Å². The van der Waals surface area contributed by atoms with E-state index in [0.717, 1.165) is 0 Å². The van der Waals surface area contributed by atoms with Crippen LogP contribution in [-0.2, 0) is 4.79 Å². The van der Waals surface area contributed by atoms with Crippen LogP contribution in [-0.4, -0.2) is 31.5 Å². The second-order valence-corrected chi connectivity index (χ2v) is 17.7. The van der Waals surface area contributed by atoms with Gasteiger partial charge in [0.15, 0.2) is 0 Å². The monoisotopic (exact) mass is 550 g/mol. The summed E-state index contributed by atoms with van der Waals surface area (Å²) in [5.74, 6) is -1.33. The third-order valence-electron chi connectivity index (χ3n) is 5.78. The zero-order valence-corrected chi connectivity index (χ0v) is 24.6. The molecule has 0 saturated heterocycles. The molecule has 180 valence electrons. The van der Waals surface area contributed by atoms with E-state index in [1.54, 1.807) is 32.6 Å². The van der Waals surface area contributed by atoms with Crippen LogP contribution in [0.3, 0.4) is 0 Å². The normalized spacial score (nSPS) is 10.5. The van der Waals surface area contributed by atoms with Gasteiger partial charge in [0, 0.05) is 5.75 Å². The molecule has 0 fully saturated rings. The van der Waals surface area contributed by atoms with E-state index in [1.807, 2.05) is 0 Å². The molecule has 0 aromatic carbocycles. The Morgan fingerprint density at radius 2 is 0.800 bits per heavy atom. The number of rotatable bonds is 22. The fourth-order valence-corrected chi connectivity index (χ4v) is 12.4. The number of carboxylic acid groups (broad SMARTS) is 1. The van der Waals surface area contributed by atoms with Crippen LogP contribution in [0.2, 0.25) is 13.3 Å². The average molecular weight is 549 g/mol. The van der Waals surface area contributed by atoms with Crippen molar-refractivity contribution in [3.8, 4) is 0 Å². The largest absolute Gasteiger partial charge is 0.549 e. The topological polar surface area (TPSA) is 40.1 Å². The van der Waals surface area contributed by atoms with Crippen LogP contribution in [0, 0.1) is 0 Å². The molecule has 2 nitrogen and oxygen atoms in total. The van der Waals surface area contributed by atoms with Gasteiger partial charge in [0.2, 0.25) is 0 Å². The quantitative estimate of drug-likeness (QED) is 0.0840. The van der Waals surface area contributed by atoms with E-state index >= 15 is 0 Å². The fourth-order valence-electron chi connectivity index (χ4n) is 3.84. The first-order chi connectivity index (χ1) is 14.6. The standard InChI is InChI=1S/3C8H17.C2H4O2S.Sn/c3*1-3-5-7-8-6-4-2;3-2(4)1-5;/h3*1,3-8H2,2H3;5H,1H2,(H,3,4);/q;;;;+1/p-1. The maximum atomic E-state index is 9.18. The van der Waals surface area contributed by atoms with Gasteiger partial charge in [-0.05, 0) is 0 Å². The van der Waals surface area contributed by atoms with E-state index in [-0.39, 0.29) is 5.75 Å². The molecule has 0 spiro atoms. The van der Waals surface area contributed by atoms with Gasteiger partial charge in [-0.2, -0.15) is 12.6 Å². The summed E-state index contributed by atoms with van der Waals surface area (Å²) in [6.45, 7) is 6.98. The van der Waals surface area contributed by atoms with Crippen molar-refractivity contribution in [3.63, 3.8) is 0 Å². The van der Waals surface area contributed by atoms with Crippen LogP contribution in [0.25, 0.3) is 0 Å². The van der Waals surface area contributed by atoms with Crippen LogP contribution in [0.5, 0.6) is 0 Å². The molecule has 0 aliphatic rings. The maximum Gasteiger partial charge on any atom is 0.0510 e. The minimum atomic E-state index is -1.13. The van der Waals surface area contributed by atoms with Gasteiger partial charge in [0.1, 0.15) is 0 Å². The van der Waals surface area contributed by atoms with Gasteiger partial charge in [-0.1, -0.05) is 0 Å². The Hall–Kier alpha value is 0.619. The van der Waals surface area contributed by atoms with Crippen molar-refractivity contribution < 1.29 is 9.90 Å². The first kappa shape index (κ1) is 32.8. The Morgan fingerprint density at radius 1 is 0.567 bits per heavy atom. The number of carboxylic acids is 1. The molecule has 0 amide bonds. The van der Waals surface area contributed by atoms with E-state index in [9.17, 15) is 9.90 Å². The van der Waals surface area contributed by atoms with Crippen molar-refractivity contribution in [2.24, 2.45) is 0 Å². The average Bonchev–Trinajstić information content (AvgIpc) is 2.75. The predicted octanol–water partition coefficient (Wildman–Crippen LogP) is 8.23. The predicted molar refractivity (Wildman–Crippen MR) is 139 cm³/mol. The van der Waals surface area contributed by atoms with Gasteiger partial charge < -0.3 is 9.90 Å². The first-order valence-electron chi connectivity index (χ1n) is 13.3. The van der Waals surface area contributed by atoms with Crippen molar-refractivity contribution in [2.75, 3.05) is 5.75 Å². The minimum Gasteiger partial charge on any atom is -0.549 e. The van der Waals surface area contributed by atoms with E-state index in [1.165, 1.54) is 96.3 Å². The van der Waals surface area contributed by atoms with Crippen molar-refractivity contribution in [3.05, 3.63) is 0 Å². The zero-order chi connectivity index (χ0) is 22.7. The third kappa shape index (κ3) is 30.8. The molecule has 4 heteroatoms. The molecule has 0 atom stereocenters. The number of hydrogen-bond donors (Lipinski definition) is 1. The Labute approximate surface area is 202 Å². The van der Waals surface area contributed by atoms with Gasteiger partial charge in [-0.15, -0.1) is 0 Å². The maximum absolute atomic E-state index is 9.18. The number of hydrogen-bond acceptors (Lipinski definition) is 3. The van der Waals surface area contributed by atoms with Crippen molar-refractivity contribution in [1.29, 1.82) is 0 Å².